The van der Waals surface area contributed by atoms with E-state index < -0.39 is 29.1 Å². The Bertz CT molecular complexity index is 825. The Balaban J connectivity index is 1.91. The van der Waals surface area contributed by atoms with Crippen LogP contribution >= 0.6 is 0 Å². The van der Waals surface area contributed by atoms with Gasteiger partial charge in [-0.1, -0.05) is 0 Å². The fourth-order valence-electron chi connectivity index (χ4n) is 1.81. The molecule has 0 radical (unpaired) electrons. The van der Waals surface area contributed by atoms with Crippen LogP contribution in [0.1, 0.15) is 6.42 Å². The quantitative estimate of drug-likeness (QED) is 0.860. The van der Waals surface area contributed by atoms with Crippen LogP contribution < -0.4 is 21.2 Å². The minimum Gasteiger partial charge on any atom is -0.406 e. The van der Waals surface area contributed by atoms with E-state index in [-0.39, 0.29) is 18.7 Å². The second-order valence-electron chi connectivity index (χ2n) is 4.67. The molecule has 0 unspecified atom stereocenters. The molecule has 0 saturated carbocycles. The summed E-state index contributed by atoms with van der Waals surface area (Å²) in [7, 11) is 0. The first-order valence-electron chi connectivity index (χ1n) is 6.69. The molecule has 10 heteroatoms. The van der Waals surface area contributed by atoms with Crippen molar-refractivity contribution in [2.24, 2.45) is 0 Å². The van der Waals surface area contributed by atoms with Gasteiger partial charge in [-0.05, 0) is 24.3 Å². The van der Waals surface area contributed by atoms with Crippen LogP contribution in [-0.2, 0) is 11.3 Å². The highest BCUT2D eigenvalue weighted by atomic mass is 19.4. The van der Waals surface area contributed by atoms with Gasteiger partial charge in [0.25, 0.3) is 11.1 Å². The highest BCUT2D eigenvalue weighted by molar-refractivity contribution is 5.90. The number of ether oxygens (including phenoxy) is 1. The lowest BCUT2D eigenvalue weighted by Crippen LogP contribution is -2.29. The number of benzene rings is 1. The predicted molar refractivity (Wildman–Crippen MR) is 77.7 cm³/mol. The Morgan fingerprint density at radius 1 is 1.12 bits per heavy atom. The van der Waals surface area contributed by atoms with E-state index >= 15 is 0 Å². The Morgan fingerprint density at radius 2 is 1.79 bits per heavy atom. The van der Waals surface area contributed by atoms with Gasteiger partial charge < -0.3 is 10.1 Å². The molecule has 7 nitrogen and oxygen atoms in total. The van der Waals surface area contributed by atoms with Crippen LogP contribution in [0.25, 0.3) is 0 Å². The van der Waals surface area contributed by atoms with E-state index in [9.17, 15) is 27.6 Å². The summed E-state index contributed by atoms with van der Waals surface area (Å²) in [5, 5.41) is 4.72. The number of halogens is 3. The van der Waals surface area contributed by atoms with Crippen LogP contribution in [0.2, 0.25) is 0 Å². The number of nitrogens with one attached hydrogen (secondary N) is 2. The number of nitrogens with zero attached hydrogens (tertiary/aromatic N) is 1. The average molecular weight is 343 g/mol. The molecule has 2 aromatic rings. The van der Waals surface area contributed by atoms with Crippen molar-refractivity contribution in [2.45, 2.75) is 19.3 Å². The fourth-order valence-corrected chi connectivity index (χ4v) is 1.81. The van der Waals surface area contributed by atoms with Crippen LogP contribution in [0.15, 0.2) is 46.0 Å². The van der Waals surface area contributed by atoms with E-state index in [0.717, 1.165) is 28.9 Å². The number of aryl methyl sites for hydroxylation is 1. The summed E-state index contributed by atoms with van der Waals surface area (Å²) < 4.78 is 40.8. The summed E-state index contributed by atoms with van der Waals surface area (Å²) in [5.74, 6) is -0.884. The smallest absolute Gasteiger partial charge is 0.406 e. The van der Waals surface area contributed by atoms with Crippen LogP contribution in [0.5, 0.6) is 5.75 Å². The lowest BCUT2D eigenvalue weighted by Gasteiger charge is -2.10. The van der Waals surface area contributed by atoms with Crippen molar-refractivity contribution in [2.75, 3.05) is 5.32 Å². The summed E-state index contributed by atoms with van der Waals surface area (Å²) in [4.78, 5) is 34.3. The molecule has 0 atom stereocenters. The molecular formula is C14H12F3N3O4. The van der Waals surface area contributed by atoms with E-state index in [1.54, 1.807) is 0 Å². The van der Waals surface area contributed by atoms with Crippen molar-refractivity contribution in [3.63, 3.8) is 0 Å². The van der Waals surface area contributed by atoms with E-state index in [0.29, 0.717) is 0 Å². The van der Waals surface area contributed by atoms with Gasteiger partial charge in [0.15, 0.2) is 0 Å². The highest BCUT2D eigenvalue weighted by Gasteiger charge is 2.30. The van der Waals surface area contributed by atoms with Crippen LogP contribution in [0.3, 0.4) is 0 Å². The molecule has 0 spiro atoms. The summed E-state index contributed by atoms with van der Waals surface area (Å²) in [6.45, 7) is -0.0456. The zero-order valence-electron chi connectivity index (χ0n) is 12.1. The molecule has 0 aliphatic carbocycles. The summed E-state index contributed by atoms with van der Waals surface area (Å²) in [6.07, 6.45) is -4.90. The summed E-state index contributed by atoms with van der Waals surface area (Å²) >= 11 is 0. The largest absolute Gasteiger partial charge is 0.573 e. The maximum absolute atomic E-state index is 12.0. The fraction of sp³-hybridized carbons (Fsp3) is 0.214. The van der Waals surface area contributed by atoms with Crippen molar-refractivity contribution >= 4 is 11.6 Å². The SMILES string of the molecule is O=C(CCn1[nH]c(=O)ccc1=O)Nc1ccc(OC(F)(F)F)cc1. The van der Waals surface area contributed by atoms with Crippen molar-refractivity contribution in [1.29, 1.82) is 0 Å². The molecule has 2 rings (SSSR count). The van der Waals surface area contributed by atoms with Crippen molar-refractivity contribution in [3.05, 3.63) is 57.1 Å². The Labute approximate surface area is 132 Å². The molecule has 0 fully saturated rings. The van der Waals surface area contributed by atoms with Gasteiger partial charge in [0.05, 0.1) is 6.54 Å². The molecule has 0 bridgehead atoms. The molecule has 0 saturated heterocycles. The molecule has 1 heterocycles. The van der Waals surface area contributed by atoms with Crippen molar-refractivity contribution in [1.82, 2.24) is 9.78 Å². The molecular weight excluding hydrogens is 331 g/mol. The molecule has 1 aromatic heterocycles. The Morgan fingerprint density at radius 3 is 2.42 bits per heavy atom. The molecule has 1 aromatic carbocycles. The molecule has 0 aliphatic rings. The maximum Gasteiger partial charge on any atom is 0.573 e. The zero-order chi connectivity index (χ0) is 17.7. The normalized spacial score (nSPS) is 11.1. The van der Waals surface area contributed by atoms with Gasteiger partial charge in [-0.25, -0.2) is 4.68 Å². The number of amides is 1. The number of carbonyl (C=O) groups is 1. The number of aromatic amines is 1. The van der Waals surface area contributed by atoms with Gasteiger partial charge in [0.2, 0.25) is 5.91 Å². The third-order valence-electron chi connectivity index (χ3n) is 2.82. The van der Waals surface area contributed by atoms with Gasteiger partial charge in [-0.15, -0.1) is 13.2 Å². The first-order chi connectivity index (χ1) is 11.2. The van der Waals surface area contributed by atoms with Gasteiger partial charge in [-0.2, -0.15) is 0 Å². The summed E-state index contributed by atoms with van der Waals surface area (Å²) in [5.41, 5.74) is -0.672. The Hall–Kier alpha value is -3.04. The number of H-pyrrole nitrogens is 1. The van der Waals surface area contributed by atoms with E-state index in [1.807, 2.05) is 0 Å². The second-order valence-corrected chi connectivity index (χ2v) is 4.67. The third kappa shape index (κ3) is 5.30. The number of aromatic nitrogens is 2. The van der Waals surface area contributed by atoms with E-state index in [4.69, 9.17) is 0 Å². The van der Waals surface area contributed by atoms with Crippen molar-refractivity contribution < 1.29 is 22.7 Å². The highest BCUT2D eigenvalue weighted by Crippen LogP contribution is 2.23. The number of carbonyl (C=O) groups excluding carboxylic acids is 1. The summed E-state index contributed by atoms with van der Waals surface area (Å²) in [6, 6.07) is 6.76. The molecule has 1 amide bonds. The van der Waals surface area contributed by atoms with Crippen LogP contribution in [-0.4, -0.2) is 22.1 Å². The van der Waals surface area contributed by atoms with Gasteiger partial charge in [0.1, 0.15) is 5.75 Å². The first-order valence-corrected chi connectivity index (χ1v) is 6.69. The van der Waals surface area contributed by atoms with Gasteiger partial charge in [-0.3, -0.25) is 19.5 Å². The first kappa shape index (κ1) is 17.3. The molecule has 0 aliphatic heterocycles. The molecule has 2 N–H and O–H groups in total. The molecule has 128 valence electrons. The third-order valence-corrected chi connectivity index (χ3v) is 2.82. The monoisotopic (exact) mass is 343 g/mol. The van der Waals surface area contributed by atoms with Crippen LogP contribution in [0, 0.1) is 0 Å². The van der Waals surface area contributed by atoms with E-state index in [1.165, 1.54) is 12.1 Å². The maximum atomic E-state index is 12.0. The van der Waals surface area contributed by atoms with Crippen LogP contribution in [0.4, 0.5) is 18.9 Å². The minimum atomic E-state index is -4.79. The Kier molecular flexibility index (Phi) is 5.07. The molecule has 24 heavy (non-hydrogen) atoms. The second kappa shape index (κ2) is 7.02. The zero-order valence-corrected chi connectivity index (χ0v) is 12.1. The lowest BCUT2D eigenvalue weighted by atomic mass is 10.3. The topological polar surface area (TPSA) is 93.2 Å². The lowest BCUT2D eigenvalue weighted by molar-refractivity contribution is -0.274. The number of rotatable bonds is 5. The number of alkyl halides is 3. The van der Waals surface area contributed by atoms with Crippen molar-refractivity contribution in [3.8, 4) is 5.75 Å². The minimum absolute atomic E-state index is 0.0456. The number of hydrogen-bond acceptors (Lipinski definition) is 4. The van der Waals surface area contributed by atoms with E-state index in [2.05, 4.69) is 15.2 Å². The number of anilines is 1. The number of hydrogen-bond donors (Lipinski definition) is 2. The van der Waals surface area contributed by atoms with Gasteiger partial charge in [0, 0.05) is 24.2 Å². The standard InChI is InChI=1S/C14H12F3N3O4/c15-14(16,17)24-10-3-1-9(2-4-10)18-11(21)7-8-20-13(23)6-5-12(22)19-20/h1-6H,7-8H2,(H,18,21)(H,19,22). The van der Waals surface area contributed by atoms with Gasteiger partial charge >= 0.3 is 6.36 Å². The average Bonchev–Trinajstić information content (AvgIpc) is 2.49. The predicted octanol–water partition coefficient (Wildman–Crippen LogP) is 1.46.